The number of hydrogen-bond acceptors (Lipinski definition) is 1. The van der Waals surface area contributed by atoms with E-state index in [0.717, 1.165) is 31.8 Å². The van der Waals surface area contributed by atoms with Crippen molar-refractivity contribution >= 4 is 73.4 Å². The Morgan fingerprint density at radius 3 is 2.80 bits per heavy atom. The number of halogens is 3. The first kappa shape index (κ1) is 14.6. The standard InChI is InChI=1S/C14H9BrClIN2S/c1-7-4-9(15)13(6-10(7)16)19-12-3-2-8(17)5-11(12)18-14(19)20/h2-6H,1H3,(H,18,20). The minimum atomic E-state index is 0.655. The number of benzene rings is 2. The first-order chi connectivity index (χ1) is 9.47. The van der Waals surface area contributed by atoms with E-state index in [9.17, 15) is 0 Å². The van der Waals surface area contributed by atoms with Crippen LogP contribution in [0.15, 0.2) is 34.8 Å². The molecule has 0 amide bonds. The highest BCUT2D eigenvalue weighted by Gasteiger charge is 2.11. The SMILES string of the molecule is Cc1cc(Br)c(-n2c(=S)[nH]c3cc(I)ccc32)cc1Cl. The number of rotatable bonds is 1. The molecule has 20 heavy (non-hydrogen) atoms. The molecule has 1 heterocycles. The normalized spacial score (nSPS) is 11.2. The minimum Gasteiger partial charge on any atom is -0.330 e. The Kier molecular flexibility index (Phi) is 3.96. The molecule has 0 radical (unpaired) electrons. The molecule has 0 bridgehead atoms. The fourth-order valence-electron chi connectivity index (χ4n) is 2.13. The average Bonchev–Trinajstić information content (AvgIpc) is 2.69. The monoisotopic (exact) mass is 478 g/mol. The molecule has 102 valence electrons. The number of aryl methyl sites for hydroxylation is 1. The van der Waals surface area contributed by atoms with Crippen molar-refractivity contribution in [1.29, 1.82) is 0 Å². The van der Waals surface area contributed by atoms with Crippen molar-refractivity contribution in [2.75, 3.05) is 0 Å². The summed E-state index contributed by atoms with van der Waals surface area (Å²) in [5.41, 5.74) is 4.03. The second kappa shape index (κ2) is 5.44. The molecule has 2 nitrogen and oxygen atoms in total. The number of hydrogen-bond donors (Lipinski definition) is 1. The van der Waals surface area contributed by atoms with Gasteiger partial charge in [-0.2, -0.15) is 0 Å². The first-order valence-electron chi connectivity index (χ1n) is 5.83. The van der Waals surface area contributed by atoms with Crippen LogP contribution in [0.3, 0.4) is 0 Å². The van der Waals surface area contributed by atoms with Crippen molar-refractivity contribution in [3.05, 3.63) is 53.7 Å². The van der Waals surface area contributed by atoms with Crippen LogP contribution in [0, 0.1) is 15.3 Å². The van der Waals surface area contributed by atoms with Crippen LogP contribution in [0.4, 0.5) is 0 Å². The molecular weight excluding hydrogens is 470 g/mol. The Morgan fingerprint density at radius 2 is 2.05 bits per heavy atom. The highest BCUT2D eigenvalue weighted by Crippen LogP contribution is 2.31. The number of nitrogens with zero attached hydrogens (tertiary/aromatic N) is 1. The van der Waals surface area contributed by atoms with Crippen LogP contribution in [0.25, 0.3) is 16.7 Å². The molecule has 0 aliphatic heterocycles. The molecule has 3 aromatic rings. The van der Waals surface area contributed by atoms with Gasteiger partial charge in [0.05, 0.1) is 16.7 Å². The van der Waals surface area contributed by atoms with Gasteiger partial charge in [-0.3, -0.25) is 4.57 Å². The van der Waals surface area contributed by atoms with Gasteiger partial charge in [-0.15, -0.1) is 0 Å². The molecule has 0 atom stereocenters. The van der Waals surface area contributed by atoms with Crippen LogP contribution < -0.4 is 0 Å². The van der Waals surface area contributed by atoms with Gasteiger partial charge in [0.25, 0.3) is 0 Å². The van der Waals surface area contributed by atoms with Gasteiger partial charge in [-0.25, -0.2) is 0 Å². The quantitative estimate of drug-likeness (QED) is 0.335. The Labute approximate surface area is 148 Å². The maximum atomic E-state index is 6.25. The molecule has 0 saturated carbocycles. The predicted molar refractivity (Wildman–Crippen MR) is 98.6 cm³/mol. The van der Waals surface area contributed by atoms with Crippen molar-refractivity contribution < 1.29 is 0 Å². The highest BCUT2D eigenvalue weighted by atomic mass is 127. The summed E-state index contributed by atoms with van der Waals surface area (Å²) in [5, 5.41) is 0.727. The number of aromatic nitrogens is 2. The van der Waals surface area contributed by atoms with Gasteiger partial charge in [0, 0.05) is 13.1 Å². The molecule has 6 heteroatoms. The van der Waals surface area contributed by atoms with Gasteiger partial charge in [0.2, 0.25) is 0 Å². The molecule has 1 aromatic heterocycles. The Balaban J connectivity index is 2.38. The third-order valence-corrected chi connectivity index (χ3v) is 5.11. The molecular formula is C14H9BrClIN2S. The van der Waals surface area contributed by atoms with Crippen LogP contribution in [0.5, 0.6) is 0 Å². The fourth-order valence-corrected chi connectivity index (χ4v) is 3.72. The van der Waals surface area contributed by atoms with E-state index in [1.54, 1.807) is 0 Å². The summed E-state index contributed by atoms with van der Waals surface area (Å²) in [4.78, 5) is 3.24. The zero-order valence-corrected chi connectivity index (χ0v) is 15.7. The largest absolute Gasteiger partial charge is 0.330 e. The molecule has 1 N–H and O–H groups in total. The lowest BCUT2D eigenvalue weighted by Crippen LogP contribution is -1.96. The van der Waals surface area contributed by atoms with Crippen LogP contribution in [-0.4, -0.2) is 9.55 Å². The fraction of sp³-hybridized carbons (Fsp3) is 0.0714. The zero-order chi connectivity index (χ0) is 14.4. The molecule has 0 fully saturated rings. The summed E-state index contributed by atoms with van der Waals surface area (Å²) in [6.45, 7) is 1.98. The van der Waals surface area contributed by atoms with Crippen molar-refractivity contribution in [2.24, 2.45) is 0 Å². The van der Waals surface area contributed by atoms with E-state index in [-0.39, 0.29) is 0 Å². The smallest absolute Gasteiger partial charge is 0.182 e. The maximum Gasteiger partial charge on any atom is 0.182 e. The van der Waals surface area contributed by atoms with Gasteiger partial charge in [0.15, 0.2) is 4.77 Å². The Morgan fingerprint density at radius 1 is 1.30 bits per heavy atom. The molecule has 0 saturated heterocycles. The van der Waals surface area contributed by atoms with E-state index in [2.05, 4.69) is 61.7 Å². The number of imidazole rings is 1. The zero-order valence-electron chi connectivity index (χ0n) is 10.4. The molecule has 2 aromatic carbocycles. The van der Waals surface area contributed by atoms with Gasteiger partial charge >= 0.3 is 0 Å². The second-order valence-electron chi connectivity index (χ2n) is 4.48. The number of fused-ring (bicyclic) bond motifs is 1. The number of H-pyrrole nitrogens is 1. The minimum absolute atomic E-state index is 0.655. The Bertz CT molecular complexity index is 885. The molecule has 0 aliphatic carbocycles. The molecule has 0 spiro atoms. The number of nitrogens with one attached hydrogen (secondary N) is 1. The van der Waals surface area contributed by atoms with Crippen molar-refractivity contribution in [1.82, 2.24) is 9.55 Å². The summed E-state index contributed by atoms with van der Waals surface area (Å²) in [7, 11) is 0. The van der Waals surface area contributed by atoms with Crippen LogP contribution in [0.2, 0.25) is 5.02 Å². The van der Waals surface area contributed by atoms with Crippen molar-refractivity contribution in [3.8, 4) is 5.69 Å². The van der Waals surface area contributed by atoms with Gasteiger partial charge in [-0.05, 0) is 93.6 Å². The summed E-state index contributed by atoms with van der Waals surface area (Å²) < 4.78 is 4.79. The maximum absolute atomic E-state index is 6.25. The lowest BCUT2D eigenvalue weighted by atomic mass is 10.2. The lowest BCUT2D eigenvalue weighted by Gasteiger charge is -2.10. The van der Waals surface area contributed by atoms with Crippen molar-refractivity contribution in [3.63, 3.8) is 0 Å². The average molecular weight is 480 g/mol. The van der Waals surface area contributed by atoms with Gasteiger partial charge in [0.1, 0.15) is 0 Å². The van der Waals surface area contributed by atoms with Crippen molar-refractivity contribution in [2.45, 2.75) is 6.92 Å². The van der Waals surface area contributed by atoms with Crippen LogP contribution in [0.1, 0.15) is 5.56 Å². The third kappa shape index (κ3) is 2.45. The van der Waals surface area contributed by atoms with E-state index >= 15 is 0 Å². The summed E-state index contributed by atoms with van der Waals surface area (Å²) in [6.07, 6.45) is 0. The summed E-state index contributed by atoms with van der Waals surface area (Å²) in [5.74, 6) is 0. The predicted octanol–water partition coefficient (Wildman–Crippen LogP) is 6.02. The molecule has 0 unspecified atom stereocenters. The van der Waals surface area contributed by atoms with Gasteiger partial charge < -0.3 is 4.98 Å². The van der Waals surface area contributed by atoms with E-state index in [1.807, 2.05) is 23.6 Å². The summed E-state index contributed by atoms with van der Waals surface area (Å²) >= 11 is 17.6. The number of aromatic amines is 1. The summed E-state index contributed by atoms with van der Waals surface area (Å²) in [6, 6.07) is 10.1. The van der Waals surface area contributed by atoms with Crippen LogP contribution >= 0.6 is 62.3 Å². The lowest BCUT2D eigenvalue weighted by molar-refractivity contribution is 1.05. The second-order valence-corrected chi connectivity index (χ2v) is 7.37. The molecule has 3 rings (SSSR count). The van der Waals surface area contributed by atoms with Gasteiger partial charge in [-0.1, -0.05) is 11.6 Å². The van der Waals surface area contributed by atoms with E-state index in [0.29, 0.717) is 4.77 Å². The topological polar surface area (TPSA) is 20.7 Å². The third-order valence-electron chi connectivity index (χ3n) is 3.11. The molecule has 0 aliphatic rings. The van der Waals surface area contributed by atoms with Crippen LogP contribution in [-0.2, 0) is 0 Å². The first-order valence-corrected chi connectivity index (χ1v) is 8.49. The van der Waals surface area contributed by atoms with E-state index in [1.165, 1.54) is 3.57 Å². The highest BCUT2D eigenvalue weighted by molar-refractivity contribution is 14.1. The van der Waals surface area contributed by atoms with E-state index in [4.69, 9.17) is 23.8 Å². The van der Waals surface area contributed by atoms with E-state index < -0.39 is 0 Å². The Hall–Kier alpha value is -0.370.